The number of benzene rings is 2. The van der Waals surface area contributed by atoms with Crippen LogP contribution in [0.2, 0.25) is 0 Å². The first-order valence-electron chi connectivity index (χ1n) is 9.15. The monoisotopic (exact) mass is 419 g/mol. The van der Waals surface area contributed by atoms with Crippen molar-refractivity contribution in [3.05, 3.63) is 65.5 Å². The number of hydrogen-bond donors (Lipinski definition) is 1. The van der Waals surface area contributed by atoms with Gasteiger partial charge >= 0.3 is 0 Å². The number of rotatable bonds is 4. The summed E-state index contributed by atoms with van der Waals surface area (Å²) in [5.74, 6) is -0.901. The summed E-state index contributed by atoms with van der Waals surface area (Å²) in [5.41, 5.74) is 1.11. The van der Waals surface area contributed by atoms with Gasteiger partial charge in [-0.25, -0.2) is 12.8 Å². The van der Waals surface area contributed by atoms with Crippen molar-refractivity contribution in [1.29, 1.82) is 0 Å². The van der Waals surface area contributed by atoms with Gasteiger partial charge in [-0.3, -0.25) is 14.3 Å². The van der Waals surface area contributed by atoms with Crippen molar-refractivity contribution in [2.45, 2.75) is 6.42 Å². The fourth-order valence-electron chi connectivity index (χ4n) is 3.21. The van der Waals surface area contributed by atoms with Crippen LogP contribution in [0.4, 0.5) is 10.1 Å². The maximum atomic E-state index is 13.4. The van der Waals surface area contributed by atoms with E-state index in [-0.39, 0.29) is 11.8 Å². The first-order valence-corrected chi connectivity index (χ1v) is 11.0. The van der Waals surface area contributed by atoms with Gasteiger partial charge in [-0.1, -0.05) is 6.07 Å². The van der Waals surface area contributed by atoms with Crippen molar-refractivity contribution < 1.29 is 22.4 Å². The highest BCUT2D eigenvalue weighted by atomic mass is 32.2. The topological polar surface area (TPSA) is 86.8 Å². The Morgan fingerprint density at radius 1 is 0.897 bits per heavy atom. The number of halogens is 1. The molecule has 1 aliphatic rings. The fraction of sp³-hybridized carbons (Fsp3) is 0.300. The summed E-state index contributed by atoms with van der Waals surface area (Å²) in [7, 11) is -3.38. The molecule has 2 amide bonds. The van der Waals surface area contributed by atoms with E-state index in [1.165, 1.54) is 30.3 Å². The van der Waals surface area contributed by atoms with Gasteiger partial charge in [0.25, 0.3) is 11.8 Å². The van der Waals surface area contributed by atoms with Crippen LogP contribution in [0.1, 0.15) is 27.1 Å². The van der Waals surface area contributed by atoms with Gasteiger partial charge in [0.15, 0.2) is 0 Å². The molecule has 0 saturated carbocycles. The summed E-state index contributed by atoms with van der Waals surface area (Å²) in [6.07, 6.45) is 1.67. The number of nitrogens with one attached hydrogen (secondary N) is 1. The molecular weight excluding hydrogens is 397 g/mol. The van der Waals surface area contributed by atoms with Crippen LogP contribution in [-0.2, 0) is 10.0 Å². The molecule has 0 atom stereocenters. The van der Waals surface area contributed by atoms with E-state index in [0.717, 1.165) is 6.26 Å². The Bertz CT molecular complexity index is 1010. The van der Waals surface area contributed by atoms with Crippen molar-refractivity contribution in [2.24, 2.45) is 0 Å². The molecule has 1 heterocycles. The number of nitrogens with zero attached hydrogens (tertiary/aromatic N) is 2. The maximum Gasteiger partial charge on any atom is 0.254 e. The van der Waals surface area contributed by atoms with Crippen LogP contribution >= 0.6 is 0 Å². The zero-order chi connectivity index (χ0) is 21.0. The summed E-state index contributed by atoms with van der Waals surface area (Å²) >= 11 is 0. The van der Waals surface area contributed by atoms with E-state index in [9.17, 15) is 22.4 Å². The third-order valence-corrected chi connectivity index (χ3v) is 5.18. The van der Waals surface area contributed by atoms with E-state index in [4.69, 9.17) is 0 Å². The molecule has 154 valence electrons. The Morgan fingerprint density at radius 2 is 1.48 bits per heavy atom. The van der Waals surface area contributed by atoms with Gasteiger partial charge in [0.05, 0.1) is 6.26 Å². The summed E-state index contributed by atoms with van der Waals surface area (Å²) in [4.78, 5) is 28.7. The van der Waals surface area contributed by atoms with Crippen LogP contribution in [0, 0.1) is 5.82 Å². The van der Waals surface area contributed by atoms with Crippen molar-refractivity contribution in [1.82, 2.24) is 9.80 Å². The van der Waals surface area contributed by atoms with Crippen molar-refractivity contribution >= 4 is 27.5 Å². The lowest BCUT2D eigenvalue weighted by Crippen LogP contribution is -2.37. The van der Waals surface area contributed by atoms with Crippen molar-refractivity contribution in [3.8, 4) is 0 Å². The standard InChI is InChI=1S/C20H22FN3O4S/c1-29(27,28)22-18-8-6-15(7-9-18)19(25)23-10-3-11-24(13-12-23)20(26)16-4-2-5-17(21)14-16/h2,4-9,14,22H,3,10-13H2,1H3. The molecule has 0 unspecified atom stereocenters. The molecule has 3 rings (SSSR count). The average molecular weight is 419 g/mol. The Balaban J connectivity index is 1.64. The number of hydrogen-bond acceptors (Lipinski definition) is 4. The average Bonchev–Trinajstić information content (AvgIpc) is 2.92. The van der Waals surface area contributed by atoms with Crippen LogP contribution in [0.5, 0.6) is 0 Å². The SMILES string of the molecule is CS(=O)(=O)Nc1ccc(C(=O)N2CCCN(C(=O)c3cccc(F)c3)CC2)cc1. The highest BCUT2D eigenvalue weighted by Crippen LogP contribution is 2.15. The number of sulfonamides is 1. The largest absolute Gasteiger partial charge is 0.337 e. The quantitative estimate of drug-likeness (QED) is 0.823. The Labute approximate surface area is 169 Å². The van der Waals surface area contributed by atoms with Gasteiger partial charge in [0.2, 0.25) is 10.0 Å². The minimum atomic E-state index is -3.38. The van der Waals surface area contributed by atoms with E-state index in [0.29, 0.717) is 49.4 Å². The predicted octanol–water partition coefficient (Wildman–Crippen LogP) is 2.19. The molecule has 1 aliphatic heterocycles. The van der Waals surface area contributed by atoms with Crippen molar-refractivity contribution in [2.75, 3.05) is 37.2 Å². The van der Waals surface area contributed by atoms with E-state index in [1.807, 2.05) is 0 Å². The number of anilines is 1. The van der Waals surface area contributed by atoms with Gasteiger partial charge < -0.3 is 9.80 Å². The molecular formula is C20H22FN3O4S. The second kappa shape index (κ2) is 8.60. The molecule has 29 heavy (non-hydrogen) atoms. The normalized spacial score (nSPS) is 15.0. The maximum absolute atomic E-state index is 13.4. The van der Waals surface area contributed by atoms with Gasteiger partial charge in [0.1, 0.15) is 5.82 Å². The Hall–Kier alpha value is -2.94. The molecule has 0 radical (unpaired) electrons. The molecule has 0 bridgehead atoms. The van der Waals surface area contributed by atoms with E-state index in [1.54, 1.807) is 28.0 Å². The van der Waals surface area contributed by atoms with E-state index in [2.05, 4.69) is 4.72 Å². The van der Waals surface area contributed by atoms with E-state index < -0.39 is 15.8 Å². The molecule has 0 aromatic heterocycles. The zero-order valence-corrected chi connectivity index (χ0v) is 16.8. The van der Waals surface area contributed by atoms with Crippen molar-refractivity contribution in [3.63, 3.8) is 0 Å². The summed E-state index contributed by atoms with van der Waals surface area (Å²) in [5, 5.41) is 0. The van der Waals surface area contributed by atoms with Gasteiger partial charge in [-0.15, -0.1) is 0 Å². The van der Waals surface area contributed by atoms with Gasteiger partial charge in [-0.2, -0.15) is 0 Å². The lowest BCUT2D eigenvalue weighted by Gasteiger charge is -2.22. The lowest BCUT2D eigenvalue weighted by atomic mass is 10.2. The zero-order valence-electron chi connectivity index (χ0n) is 16.0. The van der Waals surface area contributed by atoms with Crippen LogP contribution in [0.25, 0.3) is 0 Å². The fourth-order valence-corrected chi connectivity index (χ4v) is 3.77. The Kier molecular flexibility index (Phi) is 6.17. The molecule has 1 N–H and O–H groups in total. The van der Waals surface area contributed by atoms with Gasteiger partial charge in [0, 0.05) is 43.0 Å². The number of amides is 2. The predicted molar refractivity (Wildman–Crippen MR) is 108 cm³/mol. The highest BCUT2D eigenvalue weighted by molar-refractivity contribution is 7.92. The lowest BCUT2D eigenvalue weighted by molar-refractivity contribution is 0.0718. The Morgan fingerprint density at radius 3 is 2.03 bits per heavy atom. The first kappa shape index (κ1) is 20.8. The smallest absolute Gasteiger partial charge is 0.254 e. The second-order valence-corrected chi connectivity index (χ2v) is 8.65. The number of carbonyl (C=O) groups excluding carboxylic acids is 2. The second-order valence-electron chi connectivity index (χ2n) is 6.90. The third-order valence-electron chi connectivity index (χ3n) is 4.58. The molecule has 1 fully saturated rings. The minimum Gasteiger partial charge on any atom is -0.337 e. The van der Waals surface area contributed by atoms with Crippen LogP contribution in [-0.4, -0.2) is 62.5 Å². The molecule has 7 nitrogen and oxygen atoms in total. The molecule has 2 aromatic carbocycles. The summed E-state index contributed by atoms with van der Waals surface area (Å²) in [6, 6.07) is 11.8. The summed E-state index contributed by atoms with van der Waals surface area (Å²) in [6.45, 7) is 1.70. The van der Waals surface area contributed by atoms with Crippen LogP contribution < -0.4 is 4.72 Å². The summed E-state index contributed by atoms with van der Waals surface area (Å²) < 4.78 is 38.3. The van der Waals surface area contributed by atoms with Crippen LogP contribution in [0.3, 0.4) is 0 Å². The first-order chi connectivity index (χ1) is 13.7. The number of carbonyl (C=O) groups is 2. The third kappa shape index (κ3) is 5.54. The minimum absolute atomic E-state index is 0.184. The van der Waals surface area contributed by atoms with Crippen LogP contribution in [0.15, 0.2) is 48.5 Å². The molecule has 9 heteroatoms. The molecule has 0 aliphatic carbocycles. The molecule has 2 aromatic rings. The molecule has 1 saturated heterocycles. The van der Waals surface area contributed by atoms with E-state index >= 15 is 0 Å². The highest BCUT2D eigenvalue weighted by Gasteiger charge is 2.23. The molecule has 0 spiro atoms. The van der Waals surface area contributed by atoms with Gasteiger partial charge in [-0.05, 0) is 48.9 Å².